The molecule has 1 amide bonds. The minimum Gasteiger partial charge on any atom is -0.366 e. The van der Waals surface area contributed by atoms with Gasteiger partial charge in [-0.05, 0) is 19.4 Å². The molecule has 0 radical (unpaired) electrons. The van der Waals surface area contributed by atoms with Gasteiger partial charge < -0.3 is 15.8 Å². The number of nitrogens with zero attached hydrogens (tertiary/aromatic N) is 1. The fourth-order valence-corrected chi connectivity index (χ4v) is 2.03. The number of hydrogen-bond donors (Lipinski definition) is 2. The molecule has 1 aliphatic rings. The fourth-order valence-electron chi connectivity index (χ4n) is 2.03. The van der Waals surface area contributed by atoms with Crippen molar-refractivity contribution in [3.8, 4) is 0 Å². The quantitative estimate of drug-likeness (QED) is 0.768. The molecule has 1 rings (SSSR count). The van der Waals surface area contributed by atoms with Crippen molar-refractivity contribution in [1.82, 2.24) is 10.2 Å². The first kappa shape index (κ1) is 22.2. The molecule has 1 atom stereocenters. The second-order valence-corrected chi connectivity index (χ2v) is 5.04. The molecule has 0 saturated carbocycles. The molecule has 20 heavy (non-hydrogen) atoms. The Morgan fingerprint density at radius 2 is 1.95 bits per heavy atom. The Kier molecular flexibility index (Phi) is 11.8. The van der Waals surface area contributed by atoms with Crippen molar-refractivity contribution < 1.29 is 9.53 Å². The molecule has 0 spiro atoms. The maximum atomic E-state index is 12.0. The van der Waals surface area contributed by atoms with E-state index in [9.17, 15) is 4.79 Å². The third kappa shape index (κ3) is 6.59. The van der Waals surface area contributed by atoms with Gasteiger partial charge in [-0.3, -0.25) is 9.69 Å². The van der Waals surface area contributed by atoms with Gasteiger partial charge in [0.25, 0.3) is 5.91 Å². The highest BCUT2D eigenvalue weighted by molar-refractivity contribution is 5.85. The van der Waals surface area contributed by atoms with Gasteiger partial charge in [-0.2, -0.15) is 0 Å². The van der Waals surface area contributed by atoms with Crippen molar-refractivity contribution in [3.05, 3.63) is 0 Å². The maximum Gasteiger partial charge on any atom is 0.250 e. The van der Waals surface area contributed by atoms with Crippen LogP contribution >= 0.6 is 24.8 Å². The van der Waals surface area contributed by atoms with E-state index < -0.39 is 0 Å². The molecule has 0 aromatic heterocycles. The standard InChI is InChI=1S/C13H27N3O2.2ClH/c1-4-13(14,5-2)10-15-12(17)11-9-16(6-3)7-8-18-11;;/h11H,4-10,14H2,1-3H3,(H,15,17);2*1H. The third-order valence-corrected chi connectivity index (χ3v) is 3.91. The van der Waals surface area contributed by atoms with Crippen molar-refractivity contribution >= 4 is 30.7 Å². The number of likely N-dealkylation sites (N-methyl/N-ethyl adjacent to an activating group) is 1. The van der Waals surface area contributed by atoms with Crippen LogP contribution in [0.3, 0.4) is 0 Å². The zero-order chi connectivity index (χ0) is 13.6. The number of nitrogens with two attached hydrogens (primary N) is 1. The Balaban J connectivity index is 0. The van der Waals surface area contributed by atoms with Crippen LogP contribution in [0.5, 0.6) is 0 Å². The van der Waals surface area contributed by atoms with Crippen LogP contribution in [0.15, 0.2) is 0 Å². The minimum absolute atomic E-state index is 0. The number of carbonyl (C=O) groups is 1. The molecular weight excluding hydrogens is 301 g/mol. The van der Waals surface area contributed by atoms with Crippen molar-refractivity contribution in [1.29, 1.82) is 0 Å². The first-order valence-corrected chi connectivity index (χ1v) is 6.95. The van der Waals surface area contributed by atoms with Crippen LogP contribution in [0, 0.1) is 0 Å². The summed E-state index contributed by atoms with van der Waals surface area (Å²) in [6.45, 7) is 9.88. The number of halogens is 2. The predicted molar refractivity (Wildman–Crippen MR) is 86.9 cm³/mol. The summed E-state index contributed by atoms with van der Waals surface area (Å²) in [7, 11) is 0. The summed E-state index contributed by atoms with van der Waals surface area (Å²) in [5.74, 6) is -0.0372. The molecule has 5 nitrogen and oxygen atoms in total. The molecule has 1 unspecified atom stereocenters. The molecule has 0 aromatic rings. The van der Waals surface area contributed by atoms with E-state index in [2.05, 4.69) is 17.1 Å². The molecule has 1 heterocycles. The molecule has 0 aliphatic carbocycles. The largest absolute Gasteiger partial charge is 0.366 e. The topological polar surface area (TPSA) is 67.6 Å². The van der Waals surface area contributed by atoms with Gasteiger partial charge in [0, 0.05) is 25.2 Å². The number of nitrogens with one attached hydrogen (secondary N) is 1. The van der Waals surface area contributed by atoms with Crippen molar-refractivity contribution in [2.24, 2.45) is 5.73 Å². The van der Waals surface area contributed by atoms with Crippen molar-refractivity contribution in [2.45, 2.75) is 45.3 Å². The lowest BCUT2D eigenvalue weighted by Gasteiger charge is -2.32. The Morgan fingerprint density at radius 3 is 2.45 bits per heavy atom. The molecule has 122 valence electrons. The lowest BCUT2D eigenvalue weighted by molar-refractivity contribution is -0.138. The molecule has 7 heteroatoms. The van der Waals surface area contributed by atoms with Gasteiger partial charge in [-0.1, -0.05) is 20.8 Å². The Labute approximate surface area is 134 Å². The number of amides is 1. The lowest BCUT2D eigenvalue weighted by atomic mass is 9.94. The third-order valence-electron chi connectivity index (χ3n) is 3.91. The van der Waals surface area contributed by atoms with Gasteiger partial charge in [0.1, 0.15) is 6.10 Å². The van der Waals surface area contributed by atoms with E-state index in [4.69, 9.17) is 10.5 Å². The predicted octanol–water partition coefficient (Wildman–Crippen LogP) is 1.18. The highest BCUT2D eigenvalue weighted by Crippen LogP contribution is 2.10. The molecule has 0 aromatic carbocycles. The highest BCUT2D eigenvalue weighted by atomic mass is 35.5. The first-order valence-electron chi connectivity index (χ1n) is 6.95. The fraction of sp³-hybridized carbons (Fsp3) is 0.923. The van der Waals surface area contributed by atoms with E-state index in [0.717, 1.165) is 25.9 Å². The zero-order valence-corrected chi connectivity index (χ0v) is 14.3. The molecule has 1 saturated heterocycles. The van der Waals surface area contributed by atoms with Crippen LogP contribution in [-0.4, -0.2) is 55.2 Å². The zero-order valence-electron chi connectivity index (χ0n) is 12.7. The van der Waals surface area contributed by atoms with Crippen LogP contribution in [0.2, 0.25) is 0 Å². The van der Waals surface area contributed by atoms with Gasteiger partial charge in [0.15, 0.2) is 0 Å². The number of ether oxygens (including phenoxy) is 1. The maximum absolute atomic E-state index is 12.0. The summed E-state index contributed by atoms with van der Waals surface area (Å²) in [6, 6.07) is 0. The van der Waals surface area contributed by atoms with Gasteiger partial charge >= 0.3 is 0 Å². The number of carbonyl (C=O) groups excluding carboxylic acids is 1. The summed E-state index contributed by atoms with van der Waals surface area (Å²) >= 11 is 0. The summed E-state index contributed by atoms with van der Waals surface area (Å²) in [4.78, 5) is 14.2. The Hall–Kier alpha value is -0.0700. The molecular formula is C13H29Cl2N3O2. The van der Waals surface area contributed by atoms with Crippen molar-refractivity contribution in [2.75, 3.05) is 32.8 Å². The van der Waals surface area contributed by atoms with Gasteiger partial charge in [0.05, 0.1) is 6.61 Å². The Morgan fingerprint density at radius 1 is 1.35 bits per heavy atom. The van der Waals surface area contributed by atoms with Gasteiger partial charge in [-0.15, -0.1) is 24.8 Å². The van der Waals surface area contributed by atoms with Crippen LogP contribution in [0.1, 0.15) is 33.6 Å². The number of rotatable bonds is 6. The number of hydrogen-bond acceptors (Lipinski definition) is 4. The minimum atomic E-state index is -0.350. The molecule has 1 aliphatic heterocycles. The number of morpholine rings is 1. The average Bonchev–Trinajstić information content (AvgIpc) is 2.44. The highest BCUT2D eigenvalue weighted by Gasteiger charge is 2.28. The smallest absolute Gasteiger partial charge is 0.250 e. The summed E-state index contributed by atoms with van der Waals surface area (Å²) in [5, 5.41) is 2.92. The van der Waals surface area contributed by atoms with Gasteiger partial charge in [-0.25, -0.2) is 0 Å². The van der Waals surface area contributed by atoms with E-state index in [0.29, 0.717) is 19.7 Å². The van der Waals surface area contributed by atoms with Crippen LogP contribution in [0.25, 0.3) is 0 Å². The van der Waals surface area contributed by atoms with E-state index in [1.807, 2.05) is 13.8 Å². The lowest BCUT2D eigenvalue weighted by Crippen LogP contribution is -2.54. The summed E-state index contributed by atoms with van der Waals surface area (Å²) < 4.78 is 5.51. The van der Waals surface area contributed by atoms with Gasteiger partial charge in [0.2, 0.25) is 0 Å². The second-order valence-electron chi connectivity index (χ2n) is 5.04. The van der Waals surface area contributed by atoms with E-state index in [-0.39, 0.29) is 42.4 Å². The van der Waals surface area contributed by atoms with Crippen LogP contribution < -0.4 is 11.1 Å². The summed E-state index contributed by atoms with van der Waals surface area (Å²) in [5.41, 5.74) is 5.87. The van der Waals surface area contributed by atoms with E-state index >= 15 is 0 Å². The SMILES string of the molecule is CCN1CCOC(C(=O)NCC(N)(CC)CC)C1.Cl.Cl. The first-order chi connectivity index (χ1) is 8.54. The van der Waals surface area contributed by atoms with E-state index in [1.165, 1.54) is 0 Å². The van der Waals surface area contributed by atoms with Crippen molar-refractivity contribution in [3.63, 3.8) is 0 Å². The summed E-state index contributed by atoms with van der Waals surface area (Å²) in [6.07, 6.45) is 1.36. The van der Waals surface area contributed by atoms with Crippen LogP contribution in [-0.2, 0) is 9.53 Å². The molecule has 3 N–H and O–H groups in total. The average molecular weight is 330 g/mol. The second kappa shape index (κ2) is 10.6. The Bertz CT molecular complexity index is 276. The van der Waals surface area contributed by atoms with E-state index in [1.54, 1.807) is 0 Å². The monoisotopic (exact) mass is 329 g/mol. The normalized spacial score (nSPS) is 19.7. The molecule has 1 fully saturated rings. The molecule has 0 bridgehead atoms. The van der Waals surface area contributed by atoms with Crippen LogP contribution in [0.4, 0.5) is 0 Å².